The number of hydrazone groups is 1. The third-order valence-corrected chi connectivity index (χ3v) is 3.53. The molecule has 0 atom stereocenters. The molecule has 0 heterocycles. The van der Waals surface area contributed by atoms with Crippen LogP contribution in [-0.2, 0) is 0 Å². The van der Waals surface area contributed by atoms with E-state index in [0.29, 0.717) is 17.1 Å². The average molecular weight is 364 g/mol. The summed E-state index contributed by atoms with van der Waals surface area (Å²) in [6.45, 7) is 0. The van der Waals surface area contributed by atoms with Crippen molar-refractivity contribution in [1.82, 2.24) is 5.43 Å². The summed E-state index contributed by atoms with van der Waals surface area (Å²) in [5.41, 5.74) is 2.58. The number of nitro groups is 1. The summed E-state index contributed by atoms with van der Waals surface area (Å²) in [6.07, 6.45) is 1.38. The van der Waals surface area contributed by atoms with Crippen molar-refractivity contribution >= 4 is 29.4 Å². The van der Waals surface area contributed by atoms with Crippen LogP contribution in [0.3, 0.4) is 0 Å². The predicted molar refractivity (Wildman–Crippen MR) is 92.7 cm³/mol. The molecule has 2 rings (SSSR count). The van der Waals surface area contributed by atoms with E-state index in [2.05, 4.69) is 10.5 Å². The molecule has 0 bridgehead atoms. The SMILES string of the molecule is COc1cccc(/C=N\NC(=O)c2ccc(Cl)c([N+](=O)[O-])c2)c1OC. The number of nitrogens with zero attached hydrogens (tertiary/aromatic N) is 2. The monoisotopic (exact) mass is 363 g/mol. The van der Waals surface area contributed by atoms with Gasteiger partial charge in [0.05, 0.1) is 25.4 Å². The van der Waals surface area contributed by atoms with E-state index in [4.69, 9.17) is 21.1 Å². The highest BCUT2D eigenvalue weighted by Gasteiger charge is 2.16. The Labute approximate surface area is 148 Å². The van der Waals surface area contributed by atoms with Crippen LogP contribution in [0.4, 0.5) is 5.69 Å². The molecule has 0 aliphatic carbocycles. The zero-order valence-corrected chi connectivity index (χ0v) is 14.1. The van der Waals surface area contributed by atoms with Crippen molar-refractivity contribution in [3.8, 4) is 11.5 Å². The van der Waals surface area contributed by atoms with Gasteiger partial charge in [-0.2, -0.15) is 5.10 Å². The number of amides is 1. The first-order valence-corrected chi connectivity index (χ1v) is 7.34. The lowest BCUT2D eigenvalue weighted by atomic mass is 10.2. The van der Waals surface area contributed by atoms with Crippen molar-refractivity contribution in [3.63, 3.8) is 0 Å². The smallest absolute Gasteiger partial charge is 0.288 e. The molecule has 0 saturated carbocycles. The van der Waals surface area contributed by atoms with Gasteiger partial charge in [0.1, 0.15) is 5.02 Å². The highest BCUT2D eigenvalue weighted by molar-refractivity contribution is 6.32. The Hall–Kier alpha value is -3.13. The molecule has 0 aliphatic heterocycles. The van der Waals surface area contributed by atoms with Crippen molar-refractivity contribution < 1.29 is 19.2 Å². The van der Waals surface area contributed by atoms with E-state index in [9.17, 15) is 14.9 Å². The Bertz CT molecular complexity index is 839. The van der Waals surface area contributed by atoms with Crippen molar-refractivity contribution in [3.05, 3.63) is 62.7 Å². The molecule has 0 spiro atoms. The third-order valence-electron chi connectivity index (χ3n) is 3.21. The third kappa shape index (κ3) is 4.24. The van der Waals surface area contributed by atoms with Crippen LogP contribution in [0, 0.1) is 10.1 Å². The summed E-state index contributed by atoms with van der Waals surface area (Å²) < 4.78 is 10.4. The van der Waals surface area contributed by atoms with Crippen LogP contribution in [0.25, 0.3) is 0 Å². The van der Waals surface area contributed by atoms with Crippen molar-refractivity contribution in [2.24, 2.45) is 5.10 Å². The molecule has 8 nitrogen and oxygen atoms in total. The first kappa shape index (κ1) is 18.2. The van der Waals surface area contributed by atoms with E-state index in [-0.39, 0.29) is 16.3 Å². The topological polar surface area (TPSA) is 103 Å². The van der Waals surface area contributed by atoms with Crippen molar-refractivity contribution in [1.29, 1.82) is 0 Å². The number of carbonyl (C=O) groups excluding carboxylic acids is 1. The number of ether oxygens (including phenoxy) is 2. The second-order valence-electron chi connectivity index (χ2n) is 4.71. The van der Waals surface area contributed by atoms with Gasteiger partial charge in [-0.15, -0.1) is 0 Å². The molecular formula is C16H14ClN3O5. The predicted octanol–water partition coefficient (Wildman–Crippen LogP) is 3.03. The van der Waals surface area contributed by atoms with Crippen LogP contribution in [0.15, 0.2) is 41.5 Å². The van der Waals surface area contributed by atoms with Gasteiger partial charge < -0.3 is 9.47 Å². The molecule has 0 fully saturated rings. The Morgan fingerprint density at radius 3 is 2.68 bits per heavy atom. The maximum absolute atomic E-state index is 12.1. The molecule has 9 heteroatoms. The summed E-state index contributed by atoms with van der Waals surface area (Å²) >= 11 is 5.71. The number of nitrogens with one attached hydrogen (secondary N) is 1. The van der Waals surface area contributed by atoms with Gasteiger partial charge in [0.2, 0.25) is 0 Å². The lowest BCUT2D eigenvalue weighted by Crippen LogP contribution is -2.17. The first-order chi connectivity index (χ1) is 12.0. The molecule has 2 aromatic carbocycles. The lowest BCUT2D eigenvalue weighted by molar-refractivity contribution is -0.384. The van der Waals surface area contributed by atoms with Gasteiger partial charge in [-0.1, -0.05) is 17.7 Å². The molecule has 0 aromatic heterocycles. The number of para-hydroxylation sites is 1. The van der Waals surface area contributed by atoms with E-state index in [0.717, 1.165) is 6.07 Å². The minimum atomic E-state index is -0.663. The summed E-state index contributed by atoms with van der Waals surface area (Å²) in [5, 5.41) is 14.6. The lowest BCUT2D eigenvalue weighted by Gasteiger charge is -2.09. The number of hydrogen-bond acceptors (Lipinski definition) is 6. The largest absolute Gasteiger partial charge is 0.493 e. The number of nitro benzene ring substituents is 1. The van der Waals surface area contributed by atoms with Gasteiger partial charge in [0.15, 0.2) is 11.5 Å². The van der Waals surface area contributed by atoms with E-state index in [1.165, 1.54) is 32.6 Å². The van der Waals surface area contributed by atoms with Gasteiger partial charge in [-0.05, 0) is 24.3 Å². The maximum atomic E-state index is 12.1. The van der Waals surface area contributed by atoms with Crippen LogP contribution in [0.5, 0.6) is 11.5 Å². The summed E-state index contributed by atoms with van der Waals surface area (Å²) in [5.74, 6) is 0.370. The summed E-state index contributed by atoms with van der Waals surface area (Å²) in [6, 6.07) is 8.92. The summed E-state index contributed by atoms with van der Waals surface area (Å²) in [7, 11) is 2.99. The molecule has 2 aromatic rings. The van der Waals surface area contributed by atoms with Crippen LogP contribution in [-0.4, -0.2) is 31.3 Å². The fourth-order valence-corrected chi connectivity index (χ4v) is 2.22. The van der Waals surface area contributed by atoms with E-state index < -0.39 is 10.8 Å². The molecule has 0 unspecified atom stereocenters. The Balaban J connectivity index is 2.16. The van der Waals surface area contributed by atoms with Gasteiger partial charge >= 0.3 is 0 Å². The minimum Gasteiger partial charge on any atom is -0.493 e. The van der Waals surface area contributed by atoms with Crippen molar-refractivity contribution in [2.45, 2.75) is 0 Å². The van der Waals surface area contributed by atoms with E-state index in [1.54, 1.807) is 18.2 Å². The van der Waals surface area contributed by atoms with E-state index >= 15 is 0 Å². The second kappa shape index (κ2) is 8.11. The molecule has 1 amide bonds. The number of carbonyl (C=O) groups is 1. The quantitative estimate of drug-likeness (QED) is 0.482. The molecule has 0 saturated heterocycles. The van der Waals surface area contributed by atoms with Crippen LogP contribution in [0.2, 0.25) is 5.02 Å². The van der Waals surface area contributed by atoms with Crippen LogP contribution in [0.1, 0.15) is 15.9 Å². The van der Waals surface area contributed by atoms with Gasteiger partial charge in [0, 0.05) is 17.2 Å². The standard InChI is InChI=1S/C16H14ClN3O5/c1-24-14-5-3-4-11(15(14)25-2)9-18-19-16(21)10-6-7-12(17)13(8-10)20(22)23/h3-9H,1-2H3,(H,19,21)/b18-9-. The molecule has 0 aliphatic rings. The van der Waals surface area contributed by atoms with Gasteiger partial charge in [-0.3, -0.25) is 14.9 Å². The highest BCUT2D eigenvalue weighted by Crippen LogP contribution is 2.29. The number of rotatable bonds is 6. The zero-order valence-electron chi connectivity index (χ0n) is 13.4. The van der Waals surface area contributed by atoms with Crippen LogP contribution < -0.4 is 14.9 Å². The zero-order chi connectivity index (χ0) is 18.4. The molecule has 1 N–H and O–H groups in total. The molecule has 0 radical (unpaired) electrons. The van der Waals surface area contributed by atoms with Crippen molar-refractivity contribution in [2.75, 3.05) is 14.2 Å². The Morgan fingerprint density at radius 1 is 1.28 bits per heavy atom. The van der Waals surface area contributed by atoms with Gasteiger partial charge in [0.25, 0.3) is 11.6 Å². The minimum absolute atomic E-state index is 0.0498. The van der Waals surface area contributed by atoms with Gasteiger partial charge in [-0.25, -0.2) is 5.43 Å². The highest BCUT2D eigenvalue weighted by atomic mass is 35.5. The number of halogens is 1. The maximum Gasteiger partial charge on any atom is 0.288 e. The Morgan fingerprint density at radius 2 is 2.04 bits per heavy atom. The second-order valence-corrected chi connectivity index (χ2v) is 5.11. The number of methoxy groups -OCH3 is 2. The molecular weight excluding hydrogens is 350 g/mol. The summed E-state index contributed by atoms with van der Waals surface area (Å²) in [4.78, 5) is 22.2. The molecule has 130 valence electrons. The normalized spacial score (nSPS) is 10.5. The molecule has 25 heavy (non-hydrogen) atoms. The Kier molecular flexibility index (Phi) is 5.91. The van der Waals surface area contributed by atoms with E-state index in [1.807, 2.05) is 0 Å². The number of benzene rings is 2. The fraction of sp³-hybridized carbons (Fsp3) is 0.125. The number of hydrogen-bond donors (Lipinski definition) is 1. The fourth-order valence-electron chi connectivity index (χ4n) is 2.03. The first-order valence-electron chi connectivity index (χ1n) is 6.96. The van der Waals surface area contributed by atoms with Crippen LogP contribution >= 0.6 is 11.6 Å². The average Bonchev–Trinajstić information content (AvgIpc) is 2.61.